The molecule has 2 rings (SSSR count). The van der Waals surface area contributed by atoms with Crippen molar-refractivity contribution in [2.45, 2.75) is 45.6 Å². The minimum absolute atomic E-state index is 0.439. The van der Waals surface area contributed by atoms with E-state index in [1.54, 1.807) is 0 Å². The van der Waals surface area contributed by atoms with E-state index in [4.69, 9.17) is 0 Å². The van der Waals surface area contributed by atoms with E-state index in [0.717, 1.165) is 6.54 Å². The Hall–Kier alpha value is -1.02. The first-order valence-electron chi connectivity index (χ1n) is 7.40. The molecule has 1 aliphatic heterocycles. The number of hydrogen-bond acceptors (Lipinski definition) is 2. The average Bonchev–Trinajstić information content (AvgIpc) is 2.68. The predicted octanol–water partition coefficient (Wildman–Crippen LogP) is 3.74. The van der Waals surface area contributed by atoms with Crippen LogP contribution in [0.4, 0.5) is 5.69 Å². The van der Waals surface area contributed by atoms with Crippen LogP contribution in [0, 0.1) is 0 Å². The zero-order valence-electron chi connectivity index (χ0n) is 11.8. The van der Waals surface area contributed by atoms with Crippen molar-refractivity contribution in [1.82, 2.24) is 5.32 Å². The molecule has 0 aromatic heterocycles. The predicted molar refractivity (Wildman–Crippen MR) is 79.2 cm³/mol. The lowest BCUT2D eigenvalue weighted by Crippen LogP contribution is -2.27. The molecule has 0 radical (unpaired) electrons. The standard InChI is InChI=1S/C16H26N2/c1-3-17-14(2)15-10-6-7-11-16(15)18-12-8-4-5-9-13-18/h6-7,10-11,14,17H,3-5,8-9,12-13H2,1-2H3. The highest BCUT2D eigenvalue weighted by Crippen LogP contribution is 2.28. The lowest BCUT2D eigenvalue weighted by atomic mass is 10.0. The SMILES string of the molecule is CCNC(C)c1ccccc1N1CCCCCC1. The molecule has 18 heavy (non-hydrogen) atoms. The van der Waals surface area contributed by atoms with Crippen LogP contribution in [0.25, 0.3) is 0 Å². The number of nitrogens with zero attached hydrogens (tertiary/aromatic N) is 1. The number of anilines is 1. The topological polar surface area (TPSA) is 15.3 Å². The second-order valence-corrected chi connectivity index (χ2v) is 5.24. The molecule has 0 aliphatic carbocycles. The summed E-state index contributed by atoms with van der Waals surface area (Å²) in [6.07, 6.45) is 5.46. The minimum atomic E-state index is 0.439. The van der Waals surface area contributed by atoms with Crippen LogP contribution in [0.3, 0.4) is 0 Å². The van der Waals surface area contributed by atoms with E-state index in [-0.39, 0.29) is 0 Å². The lowest BCUT2D eigenvalue weighted by molar-refractivity contribution is 0.595. The maximum atomic E-state index is 3.53. The van der Waals surface area contributed by atoms with Crippen molar-refractivity contribution in [3.8, 4) is 0 Å². The van der Waals surface area contributed by atoms with Crippen molar-refractivity contribution in [3.63, 3.8) is 0 Å². The van der Waals surface area contributed by atoms with Crippen LogP contribution in [-0.4, -0.2) is 19.6 Å². The Balaban J connectivity index is 2.19. The van der Waals surface area contributed by atoms with Crippen molar-refractivity contribution in [1.29, 1.82) is 0 Å². The molecule has 1 N–H and O–H groups in total. The van der Waals surface area contributed by atoms with Crippen molar-refractivity contribution < 1.29 is 0 Å². The molecule has 0 saturated carbocycles. The molecule has 1 unspecified atom stereocenters. The van der Waals surface area contributed by atoms with Gasteiger partial charge in [-0.3, -0.25) is 0 Å². The van der Waals surface area contributed by atoms with Gasteiger partial charge in [-0.2, -0.15) is 0 Å². The van der Waals surface area contributed by atoms with Crippen LogP contribution < -0.4 is 10.2 Å². The van der Waals surface area contributed by atoms with Gasteiger partial charge in [0.25, 0.3) is 0 Å². The smallest absolute Gasteiger partial charge is 0.0414 e. The summed E-state index contributed by atoms with van der Waals surface area (Å²) >= 11 is 0. The monoisotopic (exact) mass is 246 g/mol. The molecule has 0 amide bonds. The van der Waals surface area contributed by atoms with Gasteiger partial charge in [0, 0.05) is 24.8 Å². The number of hydrogen-bond donors (Lipinski definition) is 1. The zero-order valence-corrected chi connectivity index (χ0v) is 11.8. The van der Waals surface area contributed by atoms with Crippen LogP contribution in [0.2, 0.25) is 0 Å². The summed E-state index contributed by atoms with van der Waals surface area (Å²) in [7, 11) is 0. The third kappa shape index (κ3) is 3.26. The summed E-state index contributed by atoms with van der Waals surface area (Å²) in [5.74, 6) is 0. The van der Waals surface area contributed by atoms with E-state index in [1.807, 2.05) is 0 Å². The fraction of sp³-hybridized carbons (Fsp3) is 0.625. The molecule has 1 atom stereocenters. The quantitative estimate of drug-likeness (QED) is 0.870. The molecular formula is C16H26N2. The molecule has 0 bridgehead atoms. The van der Waals surface area contributed by atoms with Crippen LogP contribution >= 0.6 is 0 Å². The summed E-state index contributed by atoms with van der Waals surface area (Å²) < 4.78 is 0. The fourth-order valence-corrected chi connectivity index (χ4v) is 2.87. The second-order valence-electron chi connectivity index (χ2n) is 5.24. The molecular weight excluding hydrogens is 220 g/mol. The number of para-hydroxylation sites is 1. The summed E-state index contributed by atoms with van der Waals surface area (Å²) in [4.78, 5) is 2.58. The summed E-state index contributed by atoms with van der Waals surface area (Å²) in [6, 6.07) is 9.32. The van der Waals surface area contributed by atoms with Gasteiger partial charge in [0.2, 0.25) is 0 Å². The number of rotatable bonds is 4. The third-order valence-electron chi connectivity index (χ3n) is 3.86. The largest absolute Gasteiger partial charge is 0.371 e. The van der Waals surface area contributed by atoms with E-state index >= 15 is 0 Å². The van der Waals surface area contributed by atoms with Crippen molar-refractivity contribution in [3.05, 3.63) is 29.8 Å². The average molecular weight is 246 g/mol. The van der Waals surface area contributed by atoms with Gasteiger partial charge in [0.1, 0.15) is 0 Å². The molecule has 1 aromatic carbocycles. The van der Waals surface area contributed by atoms with Crippen molar-refractivity contribution in [2.24, 2.45) is 0 Å². The molecule has 1 saturated heterocycles. The van der Waals surface area contributed by atoms with Crippen LogP contribution in [-0.2, 0) is 0 Å². The summed E-state index contributed by atoms with van der Waals surface area (Å²) in [5, 5.41) is 3.53. The zero-order chi connectivity index (χ0) is 12.8. The van der Waals surface area contributed by atoms with Gasteiger partial charge in [-0.25, -0.2) is 0 Å². The Morgan fingerprint density at radius 2 is 1.78 bits per heavy atom. The maximum Gasteiger partial charge on any atom is 0.0414 e. The first-order valence-corrected chi connectivity index (χ1v) is 7.40. The number of nitrogens with one attached hydrogen (secondary N) is 1. The molecule has 1 aromatic rings. The molecule has 1 aliphatic rings. The first kappa shape index (κ1) is 13.4. The van der Waals surface area contributed by atoms with Gasteiger partial charge in [0.15, 0.2) is 0 Å². The molecule has 1 heterocycles. The molecule has 2 nitrogen and oxygen atoms in total. The highest BCUT2D eigenvalue weighted by Gasteiger charge is 2.15. The summed E-state index contributed by atoms with van der Waals surface area (Å²) in [6.45, 7) is 7.90. The highest BCUT2D eigenvalue weighted by molar-refractivity contribution is 5.55. The second kappa shape index (κ2) is 6.79. The van der Waals surface area contributed by atoms with Gasteiger partial charge in [-0.1, -0.05) is 38.0 Å². The number of benzene rings is 1. The molecule has 0 spiro atoms. The van der Waals surface area contributed by atoms with Crippen molar-refractivity contribution in [2.75, 3.05) is 24.5 Å². The third-order valence-corrected chi connectivity index (χ3v) is 3.86. The van der Waals surface area contributed by atoms with Crippen molar-refractivity contribution >= 4 is 5.69 Å². The Labute approximate surface area is 111 Å². The first-order chi connectivity index (χ1) is 8.83. The molecule has 2 heteroatoms. The molecule has 1 fully saturated rings. The molecule has 100 valence electrons. The van der Waals surface area contributed by atoms with Gasteiger partial charge < -0.3 is 10.2 Å². The van der Waals surface area contributed by atoms with E-state index in [2.05, 4.69) is 48.3 Å². The van der Waals surface area contributed by atoms with Crippen LogP contribution in [0.15, 0.2) is 24.3 Å². The Kier molecular flexibility index (Phi) is 5.06. The highest BCUT2D eigenvalue weighted by atomic mass is 15.1. The Morgan fingerprint density at radius 1 is 1.11 bits per heavy atom. The maximum absolute atomic E-state index is 3.53. The van der Waals surface area contributed by atoms with Gasteiger partial charge in [-0.05, 0) is 37.9 Å². The lowest BCUT2D eigenvalue weighted by Gasteiger charge is -2.27. The van der Waals surface area contributed by atoms with Gasteiger partial charge >= 0.3 is 0 Å². The van der Waals surface area contributed by atoms with Gasteiger partial charge in [-0.15, -0.1) is 0 Å². The summed E-state index contributed by atoms with van der Waals surface area (Å²) in [5.41, 5.74) is 2.88. The Bertz CT molecular complexity index is 354. The van der Waals surface area contributed by atoms with E-state index in [9.17, 15) is 0 Å². The van der Waals surface area contributed by atoms with E-state index < -0.39 is 0 Å². The normalized spacial score (nSPS) is 18.4. The fourth-order valence-electron chi connectivity index (χ4n) is 2.87. The van der Waals surface area contributed by atoms with E-state index in [0.29, 0.717) is 6.04 Å². The minimum Gasteiger partial charge on any atom is -0.371 e. The van der Waals surface area contributed by atoms with Gasteiger partial charge in [0.05, 0.1) is 0 Å². The van der Waals surface area contributed by atoms with Crippen LogP contribution in [0.1, 0.15) is 51.1 Å². The Morgan fingerprint density at radius 3 is 2.44 bits per heavy atom. The van der Waals surface area contributed by atoms with Crippen LogP contribution in [0.5, 0.6) is 0 Å². The van der Waals surface area contributed by atoms with E-state index in [1.165, 1.54) is 50.0 Å².